The average Bonchev–Trinajstić information content (AvgIpc) is 2.46. The van der Waals surface area contributed by atoms with Crippen molar-refractivity contribution in [3.63, 3.8) is 0 Å². The fourth-order valence-corrected chi connectivity index (χ4v) is 2.83. The number of aromatic hydroxyl groups is 1. The number of rotatable bonds is 3. The van der Waals surface area contributed by atoms with Gasteiger partial charge in [0.15, 0.2) is 0 Å². The number of phenols is 1. The smallest absolute Gasteiger partial charge is 0.446 e. The van der Waals surface area contributed by atoms with Crippen molar-refractivity contribution in [1.82, 2.24) is 0 Å². The molecule has 0 fully saturated rings. The third-order valence-corrected chi connectivity index (χ3v) is 3.91. The van der Waals surface area contributed by atoms with Crippen LogP contribution in [0.4, 0.5) is 0 Å². The van der Waals surface area contributed by atoms with Gasteiger partial charge in [-0.15, -0.1) is 0 Å². The molecule has 1 aliphatic rings. The van der Waals surface area contributed by atoms with Crippen LogP contribution >= 0.6 is 0 Å². The summed E-state index contributed by atoms with van der Waals surface area (Å²) in [5.74, 6) is 0.912. The number of ether oxygens (including phenoxy) is 1. The molecule has 6 nitrogen and oxygen atoms in total. The van der Waals surface area contributed by atoms with E-state index in [9.17, 15) is 13.5 Å². The molecule has 1 atom stereocenters. The second kappa shape index (κ2) is 5.51. The maximum atomic E-state index is 10.7. The monoisotopic (exact) mass is 322 g/mol. The lowest BCUT2D eigenvalue weighted by Crippen LogP contribution is -2.19. The summed E-state index contributed by atoms with van der Waals surface area (Å²) in [5.41, 5.74) is 1.98. The number of fused-ring (bicyclic) bond motifs is 1. The zero-order chi connectivity index (χ0) is 15.7. The minimum atomic E-state index is -4.54. The van der Waals surface area contributed by atoms with Crippen molar-refractivity contribution in [2.75, 3.05) is 6.61 Å². The molecule has 0 aromatic heterocycles. The second-order valence-corrected chi connectivity index (χ2v) is 6.11. The van der Waals surface area contributed by atoms with E-state index in [1.54, 1.807) is 18.2 Å². The highest BCUT2D eigenvalue weighted by molar-refractivity contribution is 7.81. The molecule has 22 heavy (non-hydrogen) atoms. The van der Waals surface area contributed by atoms with Gasteiger partial charge in [-0.05, 0) is 35.7 Å². The first-order valence-electron chi connectivity index (χ1n) is 6.62. The molecular weight excluding hydrogens is 308 g/mol. The molecule has 2 N–H and O–H groups in total. The van der Waals surface area contributed by atoms with E-state index in [1.807, 2.05) is 12.1 Å². The molecule has 2 aromatic rings. The normalized spacial score (nSPS) is 17.4. The van der Waals surface area contributed by atoms with Gasteiger partial charge in [-0.3, -0.25) is 4.55 Å². The molecule has 3 rings (SSSR count). The van der Waals surface area contributed by atoms with Crippen molar-refractivity contribution in [3.8, 4) is 17.2 Å². The Kier molecular flexibility index (Phi) is 3.67. The van der Waals surface area contributed by atoms with Gasteiger partial charge < -0.3 is 14.0 Å². The lowest BCUT2D eigenvalue weighted by Gasteiger charge is -2.26. The summed E-state index contributed by atoms with van der Waals surface area (Å²) in [4.78, 5) is 0. The minimum absolute atomic E-state index is 0.00401. The highest BCUT2D eigenvalue weighted by atomic mass is 32.3. The highest BCUT2D eigenvalue weighted by Gasteiger charge is 2.22. The van der Waals surface area contributed by atoms with E-state index >= 15 is 0 Å². The molecule has 0 saturated heterocycles. The molecule has 0 amide bonds. The highest BCUT2D eigenvalue weighted by Crippen LogP contribution is 2.35. The van der Waals surface area contributed by atoms with E-state index in [-0.39, 0.29) is 17.4 Å². The van der Waals surface area contributed by atoms with Crippen LogP contribution in [0.25, 0.3) is 0 Å². The fraction of sp³-hybridized carbons (Fsp3) is 0.200. The molecule has 0 bridgehead atoms. The average molecular weight is 322 g/mol. The van der Waals surface area contributed by atoms with Gasteiger partial charge in [0.1, 0.15) is 17.2 Å². The lowest BCUT2D eigenvalue weighted by molar-refractivity contribution is 0.261. The Bertz CT molecular complexity index is 782. The van der Waals surface area contributed by atoms with Gasteiger partial charge >= 0.3 is 10.4 Å². The van der Waals surface area contributed by atoms with Crippen molar-refractivity contribution in [2.45, 2.75) is 12.3 Å². The zero-order valence-electron chi connectivity index (χ0n) is 11.5. The molecule has 1 aliphatic heterocycles. The van der Waals surface area contributed by atoms with Crippen molar-refractivity contribution >= 4 is 10.4 Å². The van der Waals surface area contributed by atoms with E-state index in [4.69, 9.17) is 9.29 Å². The SMILES string of the molecule is O=S(=O)(O)Oc1ccc2c(c1)OCC(c1ccc(O)cc1)C2. The van der Waals surface area contributed by atoms with E-state index < -0.39 is 10.4 Å². The predicted molar refractivity (Wildman–Crippen MR) is 78.7 cm³/mol. The van der Waals surface area contributed by atoms with Crippen LogP contribution in [0.5, 0.6) is 17.2 Å². The number of phenolic OH excluding ortho intramolecular Hbond substituents is 1. The first-order chi connectivity index (χ1) is 10.4. The summed E-state index contributed by atoms with van der Waals surface area (Å²) in [7, 11) is -4.54. The van der Waals surface area contributed by atoms with Crippen molar-refractivity contribution in [3.05, 3.63) is 53.6 Å². The molecule has 0 aliphatic carbocycles. The molecule has 116 valence electrons. The second-order valence-electron chi connectivity index (χ2n) is 5.08. The first-order valence-corrected chi connectivity index (χ1v) is 7.99. The Morgan fingerprint density at radius 1 is 1.14 bits per heavy atom. The van der Waals surface area contributed by atoms with Crippen molar-refractivity contribution < 1.29 is 27.0 Å². The molecule has 1 unspecified atom stereocenters. The van der Waals surface area contributed by atoms with E-state index in [1.165, 1.54) is 12.1 Å². The number of hydrogen-bond acceptors (Lipinski definition) is 5. The molecule has 7 heteroatoms. The van der Waals surface area contributed by atoms with E-state index in [2.05, 4.69) is 4.18 Å². The van der Waals surface area contributed by atoms with Gasteiger partial charge in [0.05, 0.1) is 6.61 Å². The van der Waals surface area contributed by atoms with Crippen LogP contribution in [0.2, 0.25) is 0 Å². The standard InChI is InChI=1S/C15H14O6S/c16-13-4-1-10(2-5-13)12-7-11-3-6-14(21-22(17,18)19)8-15(11)20-9-12/h1-6,8,12,16H,7,9H2,(H,17,18,19). The third-order valence-electron chi connectivity index (χ3n) is 3.51. The zero-order valence-corrected chi connectivity index (χ0v) is 12.3. The van der Waals surface area contributed by atoms with Crippen LogP contribution in [0, 0.1) is 0 Å². The van der Waals surface area contributed by atoms with Crippen molar-refractivity contribution in [1.29, 1.82) is 0 Å². The van der Waals surface area contributed by atoms with E-state index in [0.29, 0.717) is 12.4 Å². The molecule has 1 heterocycles. The number of benzene rings is 2. The van der Waals surface area contributed by atoms with Crippen LogP contribution < -0.4 is 8.92 Å². The largest absolute Gasteiger partial charge is 0.508 e. The molecular formula is C15H14O6S. The van der Waals surface area contributed by atoms with E-state index in [0.717, 1.165) is 17.5 Å². The molecule has 0 spiro atoms. The van der Waals surface area contributed by atoms with Gasteiger partial charge in [-0.1, -0.05) is 18.2 Å². The predicted octanol–water partition coefficient (Wildman–Crippen LogP) is 2.29. The lowest BCUT2D eigenvalue weighted by atomic mass is 9.90. The molecule has 0 saturated carbocycles. The summed E-state index contributed by atoms with van der Waals surface area (Å²) < 4.78 is 40.2. The third kappa shape index (κ3) is 3.32. The fourth-order valence-electron chi connectivity index (χ4n) is 2.49. The summed E-state index contributed by atoms with van der Waals surface area (Å²) in [6.45, 7) is 0.438. The quantitative estimate of drug-likeness (QED) is 0.842. The van der Waals surface area contributed by atoms with Crippen LogP contribution in [0.1, 0.15) is 17.0 Å². The molecule has 0 radical (unpaired) electrons. The summed E-state index contributed by atoms with van der Waals surface area (Å²) in [6, 6.07) is 11.6. The van der Waals surface area contributed by atoms with Gasteiger partial charge in [-0.25, -0.2) is 0 Å². The van der Waals surface area contributed by atoms with Crippen molar-refractivity contribution in [2.24, 2.45) is 0 Å². The Morgan fingerprint density at radius 2 is 1.86 bits per heavy atom. The van der Waals surface area contributed by atoms with Crippen LogP contribution in [0.15, 0.2) is 42.5 Å². The Morgan fingerprint density at radius 3 is 2.55 bits per heavy atom. The Balaban J connectivity index is 1.80. The first kappa shape index (κ1) is 14.7. The van der Waals surface area contributed by atoms with Gasteiger partial charge in [0, 0.05) is 12.0 Å². The Hall–Kier alpha value is -2.25. The summed E-state index contributed by atoms with van der Waals surface area (Å²) in [6.07, 6.45) is 0.728. The van der Waals surface area contributed by atoms with Gasteiger partial charge in [0.25, 0.3) is 0 Å². The maximum Gasteiger partial charge on any atom is 0.446 e. The van der Waals surface area contributed by atoms with Gasteiger partial charge in [0.2, 0.25) is 0 Å². The summed E-state index contributed by atoms with van der Waals surface area (Å²) in [5, 5.41) is 9.32. The number of hydrogen-bond donors (Lipinski definition) is 2. The Labute approximate surface area is 127 Å². The molecule has 2 aromatic carbocycles. The maximum absolute atomic E-state index is 10.7. The van der Waals surface area contributed by atoms with Crippen LogP contribution in [-0.4, -0.2) is 24.7 Å². The van der Waals surface area contributed by atoms with Crippen LogP contribution in [-0.2, 0) is 16.8 Å². The van der Waals surface area contributed by atoms with Gasteiger partial charge in [-0.2, -0.15) is 8.42 Å². The topological polar surface area (TPSA) is 93.1 Å². The summed E-state index contributed by atoms with van der Waals surface area (Å²) >= 11 is 0. The van der Waals surface area contributed by atoms with Crippen LogP contribution in [0.3, 0.4) is 0 Å². The minimum Gasteiger partial charge on any atom is -0.508 e.